The van der Waals surface area contributed by atoms with Gasteiger partial charge in [0.1, 0.15) is 6.29 Å². The number of hydrogen-bond acceptors (Lipinski definition) is 2. The van der Waals surface area contributed by atoms with Gasteiger partial charge >= 0.3 is 0 Å². The van der Waals surface area contributed by atoms with E-state index in [4.69, 9.17) is 4.74 Å². The maximum atomic E-state index is 10.2. The summed E-state index contributed by atoms with van der Waals surface area (Å²) in [5.74, 6) is 0.0520. The highest BCUT2D eigenvalue weighted by Gasteiger charge is 1.97. The number of hydrogen-bond donors (Lipinski definition) is 0. The molecule has 2 nitrogen and oxygen atoms in total. The van der Waals surface area contributed by atoms with Crippen molar-refractivity contribution in [3.63, 3.8) is 0 Å². The van der Waals surface area contributed by atoms with E-state index in [0.717, 1.165) is 19.3 Å². The molecule has 1 atom stereocenters. The van der Waals surface area contributed by atoms with Gasteiger partial charge in [0.05, 0.1) is 6.61 Å². The largest absolute Gasteiger partial charge is 0.381 e. The third-order valence-electron chi connectivity index (χ3n) is 1.76. The number of unbranched alkanes of at least 4 members (excludes halogenated alkanes) is 3. The Morgan fingerprint density at radius 3 is 2.67 bits per heavy atom. The molecule has 2 heteroatoms. The van der Waals surface area contributed by atoms with Gasteiger partial charge in [0, 0.05) is 12.5 Å². The second kappa shape index (κ2) is 8.72. The molecule has 0 N–H and O–H groups in total. The van der Waals surface area contributed by atoms with Crippen molar-refractivity contribution in [3.8, 4) is 0 Å². The van der Waals surface area contributed by atoms with Crippen LogP contribution in [0, 0.1) is 5.92 Å². The zero-order valence-corrected chi connectivity index (χ0v) is 8.21. The number of carbonyl (C=O) groups is 1. The molecule has 0 radical (unpaired) electrons. The van der Waals surface area contributed by atoms with E-state index in [1.165, 1.54) is 19.3 Å². The molecule has 0 aromatic carbocycles. The van der Waals surface area contributed by atoms with Crippen LogP contribution in [0.4, 0.5) is 0 Å². The summed E-state index contributed by atoms with van der Waals surface area (Å²) in [6.07, 6.45) is 5.84. The van der Waals surface area contributed by atoms with Gasteiger partial charge in [0.25, 0.3) is 0 Å². The quantitative estimate of drug-likeness (QED) is 0.415. The first-order chi connectivity index (χ1) is 5.81. The Kier molecular flexibility index (Phi) is 8.46. The molecule has 0 saturated heterocycles. The van der Waals surface area contributed by atoms with Crippen LogP contribution in [-0.4, -0.2) is 19.5 Å². The summed E-state index contributed by atoms with van der Waals surface area (Å²) in [5.41, 5.74) is 0. The topological polar surface area (TPSA) is 26.3 Å². The van der Waals surface area contributed by atoms with E-state index in [-0.39, 0.29) is 5.92 Å². The van der Waals surface area contributed by atoms with Gasteiger partial charge in [-0.2, -0.15) is 0 Å². The zero-order chi connectivity index (χ0) is 9.23. The maximum Gasteiger partial charge on any atom is 0.125 e. The minimum absolute atomic E-state index is 0.0520. The highest BCUT2D eigenvalue weighted by Crippen LogP contribution is 1.99. The summed E-state index contributed by atoms with van der Waals surface area (Å²) in [6.45, 7) is 5.45. The molecular formula is C10H20O2. The van der Waals surface area contributed by atoms with Crippen LogP contribution in [-0.2, 0) is 9.53 Å². The van der Waals surface area contributed by atoms with E-state index in [2.05, 4.69) is 6.92 Å². The standard InChI is InChI=1S/C10H20O2/c1-3-4-5-6-7-12-9-10(2)8-11/h8,10H,3-7,9H2,1-2H3. The molecular weight excluding hydrogens is 152 g/mol. The van der Waals surface area contributed by atoms with Gasteiger partial charge in [0.15, 0.2) is 0 Å². The number of rotatable bonds is 8. The molecule has 12 heavy (non-hydrogen) atoms. The maximum absolute atomic E-state index is 10.2. The van der Waals surface area contributed by atoms with Crippen molar-refractivity contribution in [2.75, 3.05) is 13.2 Å². The van der Waals surface area contributed by atoms with Crippen molar-refractivity contribution in [2.45, 2.75) is 39.5 Å². The van der Waals surface area contributed by atoms with E-state index >= 15 is 0 Å². The summed E-state index contributed by atoms with van der Waals surface area (Å²) in [5, 5.41) is 0. The minimum Gasteiger partial charge on any atom is -0.381 e. The molecule has 0 aromatic heterocycles. The van der Waals surface area contributed by atoms with Gasteiger partial charge in [0.2, 0.25) is 0 Å². The predicted molar refractivity (Wildman–Crippen MR) is 50.2 cm³/mol. The van der Waals surface area contributed by atoms with E-state index in [9.17, 15) is 4.79 Å². The van der Waals surface area contributed by atoms with Crippen LogP contribution in [0.15, 0.2) is 0 Å². The molecule has 0 aliphatic rings. The first kappa shape index (κ1) is 11.6. The molecule has 0 rings (SSSR count). The fourth-order valence-corrected chi connectivity index (χ4v) is 0.939. The molecule has 0 aliphatic carbocycles. The molecule has 0 spiro atoms. The summed E-state index contributed by atoms with van der Waals surface area (Å²) in [6, 6.07) is 0. The molecule has 0 amide bonds. The molecule has 0 aromatic rings. The molecule has 0 heterocycles. The average molecular weight is 172 g/mol. The molecule has 0 bridgehead atoms. The van der Waals surface area contributed by atoms with Crippen LogP contribution >= 0.6 is 0 Å². The van der Waals surface area contributed by atoms with E-state index in [1.807, 2.05) is 6.92 Å². The second-order valence-electron chi connectivity index (χ2n) is 3.25. The lowest BCUT2D eigenvalue weighted by Crippen LogP contribution is -2.07. The van der Waals surface area contributed by atoms with Gasteiger partial charge in [-0.1, -0.05) is 33.1 Å². The van der Waals surface area contributed by atoms with Crippen molar-refractivity contribution < 1.29 is 9.53 Å². The molecule has 1 unspecified atom stereocenters. The average Bonchev–Trinajstić information content (AvgIpc) is 2.10. The van der Waals surface area contributed by atoms with E-state index in [1.54, 1.807) is 0 Å². The third-order valence-corrected chi connectivity index (χ3v) is 1.76. The highest BCUT2D eigenvalue weighted by molar-refractivity contribution is 5.52. The van der Waals surface area contributed by atoms with Gasteiger partial charge in [-0.15, -0.1) is 0 Å². The molecule has 0 fully saturated rings. The van der Waals surface area contributed by atoms with Crippen LogP contribution in [0.2, 0.25) is 0 Å². The lowest BCUT2D eigenvalue weighted by Gasteiger charge is -2.04. The number of aldehydes is 1. The summed E-state index contributed by atoms with van der Waals surface area (Å²) < 4.78 is 5.30. The van der Waals surface area contributed by atoms with E-state index < -0.39 is 0 Å². The smallest absolute Gasteiger partial charge is 0.125 e. The van der Waals surface area contributed by atoms with Gasteiger partial charge in [-0.3, -0.25) is 0 Å². The first-order valence-corrected chi connectivity index (χ1v) is 4.84. The van der Waals surface area contributed by atoms with Gasteiger partial charge < -0.3 is 9.53 Å². The first-order valence-electron chi connectivity index (χ1n) is 4.84. The van der Waals surface area contributed by atoms with Crippen LogP contribution in [0.25, 0.3) is 0 Å². The Hall–Kier alpha value is -0.370. The monoisotopic (exact) mass is 172 g/mol. The Morgan fingerprint density at radius 2 is 2.08 bits per heavy atom. The lowest BCUT2D eigenvalue weighted by atomic mass is 10.2. The van der Waals surface area contributed by atoms with Crippen molar-refractivity contribution in [1.82, 2.24) is 0 Å². The summed E-state index contributed by atoms with van der Waals surface area (Å²) >= 11 is 0. The van der Waals surface area contributed by atoms with Gasteiger partial charge in [-0.05, 0) is 6.42 Å². The zero-order valence-electron chi connectivity index (χ0n) is 8.21. The molecule has 0 saturated carbocycles. The number of ether oxygens (including phenoxy) is 1. The fourth-order valence-electron chi connectivity index (χ4n) is 0.939. The van der Waals surface area contributed by atoms with Crippen LogP contribution in [0.3, 0.4) is 0 Å². The van der Waals surface area contributed by atoms with Crippen LogP contribution < -0.4 is 0 Å². The molecule has 72 valence electrons. The van der Waals surface area contributed by atoms with E-state index in [0.29, 0.717) is 6.61 Å². The lowest BCUT2D eigenvalue weighted by molar-refractivity contribution is -0.112. The van der Waals surface area contributed by atoms with Crippen molar-refractivity contribution in [3.05, 3.63) is 0 Å². The van der Waals surface area contributed by atoms with Gasteiger partial charge in [-0.25, -0.2) is 0 Å². The SMILES string of the molecule is CCCCCCOCC(C)C=O. The predicted octanol–water partition coefficient (Wildman–Crippen LogP) is 2.42. The van der Waals surface area contributed by atoms with Crippen molar-refractivity contribution in [2.24, 2.45) is 5.92 Å². The van der Waals surface area contributed by atoms with Crippen LogP contribution in [0.5, 0.6) is 0 Å². The Labute approximate surface area is 75.3 Å². The fraction of sp³-hybridized carbons (Fsp3) is 0.900. The Balaban J connectivity index is 2.95. The minimum atomic E-state index is 0.0520. The third kappa shape index (κ3) is 7.73. The summed E-state index contributed by atoms with van der Waals surface area (Å²) in [4.78, 5) is 10.2. The highest BCUT2D eigenvalue weighted by atomic mass is 16.5. The molecule has 0 aliphatic heterocycles. The number of carbonyl (C=O) groups excluding carboxylic acids is 1. The van der Waals surface area contributed by atoms with Crippen LogP contribution in [0.1, 0.15) is 39.5 Å². The second-order valence-corrected chi connectivity index (χ2v) is 3.25. The Bertz CT molecular complexity index is 102. The van der Waals surface area contributed by atoms with Crippen molar-refractivity contribution in [1.29, 1.82) is 0 Å². The normalized spacial score (nSPS) is 12.8. The van der Waals surface area contributed by atoms with Crippen molar-refractivity contribution >= 4 is 6.29 Å². The summed E-state index contributed by atoms with van der Waals surface area (Å²) in [7, 11) is 0. The Morgan fingerprint density at radius 1 is 1.33 bits per heavy atom.